The maximum absolute atomic E-state index is 10.1. The van der Waals surface area contributed by atoms with E-state index in [-0.39, 0.29) is 5.75 Å². The van der Waals surface area contributed by atoms with E-state index in [1.807, 2.05) is 35.8 Å². The molecule has 3 aromatic rings. The molecule has 2 heterocycles. The monoisotopic (exact) mass is 365 g/mol. The smallest absolute Gasteiger partial charge is 0.160 e. The maximum atomic E-state index is 10.1. The molecule has 0 aliphatic carbocycles. The molecule has 0 spiro atoms. The maximum Gasteiger partial charge on any atom is 0.160 e. The highest BCUT2D eigenvalue weighted by molar-refractivity contribution is 14.1. The van der Waals surface area contributed by atoms with Crippen molar-refractivity contribution in [2.45, 2.75) is 13.5 Å². The lowest BCUT2D eigenvalue weighted by Crippen LogP contribution is -1.99. The van der Waals surface area contributed by atoms with Crippen LogP contribution in [0.25, 0.3) is 22.6 Å². The van der Waals surface area contributed by atoms with Crippen LogP contribution in [0.3, 0.4) is 0 Å². The summed E-state index contributed by atoms with van der Waals surface area (Å²) < 4.78 is 3.08. The van der Waals surface area contributed by atoms with Crippen LogP contribution < -0.4 is 0 Å². The average molecular weight is 365 g/mol. The Labute approximate surface area is 124 Å². The third-order valence-corrected chi connectivity index (χ3v) is 3.69. The Morgan fingerprint density at radius 1 is 1.32 bits per heavy atom. The number of pyridine rings is 1. The quantitative estimate of drug-likeness (QED) is 0.708. The van der Waals surface area contributed by atoms with Crippen molar-refractivity contribution in [3.05, 3.63) is 40.1 Å². The number of phenolic OH excluding ortho intramolecular Hbond substituents is 1. The van der Waals surface area contributed by atoms with Crippen molar-refractivity contribution in [3.63, 3.8) is 0 Å². The summed E-state index contributed by atoms with van der Waals surface area (Å²) in [6.07, 6.45) is 1.76. The van der Waals surface area contributed by atoms with Gasteiger partial charge >= 0.3 is 0 Å². The number of halogens is 1. The molecule has 0 fully saturated rings. The van der Waals surface area contributed by atoms with E-state index >= 15 is 0 Å². The van der Waals surface area contributed by atoms with Gasteiger partial charge in [0, 0.05) is 16.3 Å². The van der Waals surface area contributed by atoms with Crippen molar-refractivity contribution >= 4 is 33.8 Å². The molecule has 1 aromatic carbocycles. The summed E-state index contributed by atoms with van der Waals surface area (Å²) in [6.45, 7) is 2.80. The summed E-state index contributed by atoms with van der Waals surface area (Å²) in [4.78, 5) is 8.96. The predicted molar refractivity (Wildman–Crippen MR) is 83.0 cm³/mol. The van der Waals surface area contributed by atoms with Gasteiger partial charge in [-0.2, -0.15) is 0 Å². The van der Waals surface area contributed by atoms with Crippen LogP contribution in [0.5, 0.6) is 5.75 Å². The molecule has 4 nitrogen and oxygen atoms in total. The van der Waals surface area contributed by atoms with Gasteiger partial charge in [0.25, 0.3) is 0 Å². The van der Waals surface area contributed by atoms with Gasteiger partial charge in [0.15, 0.2) is 5.65 Å². The fourth-order valence-corrected chi connectivity index (χ4v) is 2.64. The molecular formula is C14H12IN3O. The Bertz CT molecular complexity index is 752. The van der Waals surface area contributed by atoms with Crippen molar-refractivity contribution in [1.29, 1.82) is 0 Å². The molecule has 0 atom stereocenters. The lowest BCUT2D eigenvalue weighted by Gasteiger charge is -2.07. The molecule has 0 bridgehead atoms. The lowest BCUT2D eigenvalue weighted by atomic mass is 10.2. The fourth-order valence-electron chi connectivity index (χ4n) is 2.15. The third-order valence-electron chi connectivity index (χ3n) is 3.02. The van der Waals surface area contributed by atoms with Gasteiger partial charge < -0.3 is 9.67 Å². The van der Waals surface area contributed by atoms with Crippen LogP contribution in [-0.2, 0) is 6.54 Å². The van der Waals surface area contributed by atoms with E-state index in [0.717, 1.165) is 32.7 Å². The van der Waals surface area contributed by atoms with E-state index in [1.54, 1.807) is 12.3 Å². The van der Waals surface area contributed by atoms with E-state index in [2.05, 4.69) is 32.6 Å². The Kier molecular flexibility index (Phi) is 3.14. The number of aromatic hydroxyl groups is 1. The molecule has 0 saturated carbocycles. The number of phenols is 1. The molecule has 2 aromatic heterocycles. The molecule has 19 heavy (non-hydrogen) atoms. The lowest BCUT2D eigenvalue weighted by molar-refractivity contribution is 0.476. The SMILES string of the molecule is CCn1c(-c2cc(I)ccc2O)nc2cccnc21. The number of nitrogens with zero attached hydrogens (tertiary/aromatic N) is 3. The standard InChI is InChI=1S/C14H12IN3O/c1-2-18-13(10-8-9(15)5-6-12(10)19)17-11-4-3-7-16-14(11)18/h3-8,19H,2H2,1H3. The number of fused-ring (bicyclic) bond motifs is 1. The van der Waals surface area contributed by atoms with E-state index in [1.165, 1.54) is 0 Å². The minimum Gasteiger partial charge on any atom is -0.507 e. The molecule has 0 aliphatic rings. The van der Waals surface area contributed by atoms with Crippen LogP contribution in [0.1, 0.15) is 6.92 Å². The fraction of sp³-hybridized carbons (Fsp3) is 0.143. The van der Waals surface area contributed by atoms with Gasteiger partial charge in [-0.15, -0.1) is 0 Å². The van der Waals surface area contributed by atoms with Crippen LogP contribution in [0.15, 0.2) is 36.5 Å². The Hall–Kier alpha value is -1.63. The minimum atomic E-state index is 0.241. The van der Waals surface area contributed by atoms with Gasteiger partial charge in [0.2, 0.25) is 0 Å². The first-order valence-corrected chi connectivity index (χ1v) is 7.08. The molecule has 1 N–H and O–H groups in total. The number of imidazole rings is 1. The number of rotatable bonds is 2. The highest BCUT2D eigenvalue weighted by Crippen LogP contribution is 2.31. The second-order valence-electron chi connectivity index (χ2n) is 4.19. The Morgan fingerprint density at radius 2 is 2.16 bits per heavy atom. The van der Waals surface area contributed by atoms with Crippen LogP contribution in [0.4, 0.5) is 0 Å². The molecule has 0 saturated heterocycles. The number of aromatic nitrogens is 3. The van der Waals surface area contributed by atoms with Gasteiger partial charge in [0.05, 0.1) is 5.56 Å². The van der Waals surface area contributed by atoms with E-state index in [4.69, 9.17) is 0 Å². The molecule has 5 heteroatoms. The molecular weight excluding hydrogens is 353 g/mol. The predicted octanol–water partition coefficient (Wildman–Crippen LogP) is 3.43. The summed E-state index contributed by atoms with van der Waals surface area (Å²) >= 11 is 2.23. The number of hydrogen-bond acceptors (Lipinski definition) is 3. The first kappa shape index (κ1) is 12.4. The van der Waals surface area contributed by atoms with Crippen molar-refractivity contribution in [2.75, 3.05) is 0 Å². The zero-order valence-electron chi connectivity index (χ0n) is 10.3. The van der Waals surface area contributed by atoms with Crippen molar-refractivity contribution in [3.8, 4) is 17.1 Å². The zero-order valence-corrected chi connectivity index (χ0v) is 12.5. The first-order chi connectivity index (χ1) is 9.20. The molecule has 0 radical (unpaired) electrons. The largest absolute Gasteiger partial charge is 0.507 e. The number of benzene rings is 1. The van der Waals surface area contributed by atoms with Crippen LogP contribution in [0.2, 0.25) is 0 Å². The molecule has 0 amide bonds. The van der Waals surface area contributed by atoms with E-state index < -0.39 is 0 Å². The first-order valence-electron chi connectivity index (χ1n) is 6.01. The second-order valence-corrected chi connectivity index (χ2v) is 5.43. The van der Waals surface area contributed by atoms with E-state index in [9.17, 15) is 5.11 Å². The highest BCUT2D eigenvalue weighted by atomic mass is 127. The van der Waals surface area contributed by atoms with Crippen molar-refractivity contribution < 1.29 is 5.11 Å². The van der Waals surface area contributed by atoms with Gasteiger partial charge in [-0.1, -0.05) is 0 Å². The molecule has 96 valence electrons. The third kappa shape index (κ3) is 2.07. The van der Waals surface area contributed by atoms with Crippen LogP contribution in [-0.4, -0.2) is 19.6 Å². The Balaban J connectivity index is 2.33. The van der Waals surface area contributed by atoms with Crippen LogP contribution >= 0.6 is 22.6 Å². The number of aryl methyl sites for hydroxylation is 1. The van der Waals surface area contributed by atoms with Crippen molar-refractivity contribution in [1.82, 2.24) is 14.5 Å². The summed E-state index contributed by atoms with van der Waals surface area (Å²) in [7, 11) is 0. The molecule has 0 unspecified atom stereocenters. The van der Waals surface area contributed by atoms with Crippen molar-refractivity contribution in [2.24, 2.45) is 0 Å². The van der Waals surface area contributed by atoms with Gasteiger partial charge in [-0.3, -0.25) is 0 Å². The molecule has 0 aliphatic heterocycles. The average Bonchev–Trinajstić information content (AvgIpc) is 2.79. The van der Waals surface area contributed by atoms with Crippen LogP contribution in [0, 0.1) is 3.57 Å². The topological polar surface area (TPSA) is 50.9 Å². The number of hydrogen-bond donors (Lipinski definition) is 1. The summed E-state index contributed by atoms with van der Waals surface area (Å²) in [6, 6.07) is 9.31. The minimum absolute atomic E-state index is 0.241. The van der Waals surface area contributed by atoms with Gasteiger partial charge in [0.1, 0.15) is 17.1 Å². The van der Waals surface area contributed by atoms with Gasteiger partial charge in [-0.05, 0) is 59.8 Å². The normalized spacial score (nSPS) is 11.1. The highest BCUT2D eigenvalue weighted by Gasteiger charge is 2.15. The van der Waals surface area contributed by atoms with Gasteiger partial charge in [-0.25, -0.2) is 9.97 Å². The second kappa shape index (κ2) is 4.80. The molecule has 3 rings (SSSR count). The Morgan fingerprint density at radius 3 is 2.95 bits per heavy atom. The summed E-state index contributed by atoms with van der Waals surface area (Å²) in [5.74, 6) is 0.998. The summed E-state index contributed by atoms with van der Waals surface area (Å²) in [5, 5.41) is 10.1. The zero-order chi connectivity index (χ0) is 13.4. The summed E-state index contributed by atoms with van der Waals surface area (Å²) in [5.41, 5.74) is 2.43. The van der Waals surface area contributed by atoms with E-state index in [0.29, 0.717) is 0 Å².